The van der Waals surface area contributed by atoms with Gasteiger partial charge in [0.05, 0.1) is 12.9 Å². The fraction of sp³-hybridized carbons (Fsp3) is 0.130. The summed E-state index contributed by atoms with van der Waals surface area (Å²) in [4.78, 5) is 16.4. The van der Waals surface area contributed by atoms with Gasteiger partial charge in [-0.15, -0.1) is 10.2 Å². The van der Waals surface area contributed by atoms with Crippen molar-refractivity contribution in [3.05, 3.63) is 84.4 Å². The highest BCUT2D eigenvalue weighted by Crippen LogP contribution is 2.28. The Morgan fingerprint density at radius 3 is 2.53 bits per heavy atom. The molecule has 0 saturated carbocycles. The van der Waals surface area contributed by atoms with Crippen LogP contribution in [0.15, 0.2) is 78.2 Å². The van der Waals surface area contributed by atoms with Crippen LogP contribution in [-0.2, 0) is 11.3 Å². The fourth-order valence-corrected chi connectivity index (χ4v) is 3.81. The van der Waals surface area contributed by atoms with E-state index in [0.717, 1.165) is 17.0 Å². The first-order valence-electron chi connectivity index (χ1n) is 9.79. The van der Waals surface area contributed by atoms with Gasteiger partial charge in [-0.05, 0) is 42.5 Å². The van der Waals surface area contributed by atoms with Gasteiger partial charge >= 0.3 is 0 Å². The number of nitrogens with zero attached hydrogens (tertiary/aromatic N) is 4. The molecular formula is C23H20FN5O2S. The number of nitrogens with one attached hydrogen (secondary N) is 1. The van der Waals surface area contributed by atoms with Gasteiger partial charge in [-0.1, -0.05) is 30.0 Å². The molecule has 162 valence electrons. The zero-order valence-electron chi connectivity index (χ0n) is 17.2. The number of amides is 1. The highest BCUT2D eigenvalue weighted by atomic mass is 32.2. The fourth-order valence-electron chi connectivity index (χ4n) is 3.03. The number of methoxy groups -OCH3 is 1. The van der Waals surface area contributed by atoms with Crippen LogP contribution >= 0.6 is 11.8 Å². The summed E-state index contributed by atoms with van der Waals surface area (Å²) in [5.74, 6) is 0.898. The van der Waals surface area contributed by atoms with Gasteiger partial charge in [-0.2, -0.15) is 0 Å². The molecule has 2 heterocycles. The zero-order chi connectivity index (χ0) is 22.3. The number of ether oxygens (including phenoxy) is 1. The topological polar surface area (TPSA) is 81.9 Å². The van der Waals surface area contributed by atoms with Gasteiger partial charge in [0, 0.05) is 35.8 Å². The molecule has 0 spiro atoms. The zero-order valence-corrected chi connectivity index (χ0v) is 18.1. The highest BCUT2D eigenvalue weighted by molar-refractivity contribution is 7.99. The Morgan fingerprint density at radius 1 is 1.06 bits per heavy atom. The molecular weight excluding hydrogens is 429 g/mol. The summed E-state index contributed by atoms with van der Waals surface area (Å²) in [6.07, 6.45) is 3.37. The van der Waals surface area contributed by atoms with Crippen molar-refractivity contribution >= 4 is 17.7 Å². The second-order valence-corrected chi connectivity index (χ2v) is 7.67. The second kappa shape index (κ2) is 10.1. The smallest absolute Gasteiger partial charge is 0.230 e. The van der Waals surface area contributed by atoms with E-state index >= 15 is 0 Å². The molecule has 0 fully saturated rings. The molecule has 1 N–H and O–H groups in total. The van der Waals surface area contributed by atoms with Crippen molar-refractivity contribution in [3.63, 3.8) is 0 Å². The van der Waals surface area contributed by atoms with Crippen molar-refractivity contribution in [3.8, 4) is 22.8 Å². The van der Waals surface area contributed by atoms with Crippen LogP contribution in [0.2, 0.25) is 0 Å². The van der Waals surface area contributed by atoms with Crippen molar-refractivity contribution < 1.29 is 13.9 Å². The van der Waals surface area contributed by atoms with E-state index in [1.165, 1.54) is 17.8 Å². The Kier molecular flexibility index (Phi) is 6.76. The number of rotatable bonds is 8. The van der Waals surface area contributed by atoms with Crippen molar-refractivity contribution in [1.82, 2.24) is 25.1 Å². The molecule has 0 aliphatic carbocycles. The number of hydrogen-bond acceptors (Lipinski definition) is 6. The van der Waals surface area contributed by atoms with Crippen LogP contribution in [0.1, 0.15) is 5.56 Å². The average molecular weight is 450 g/mol. The van der Waals surface area contributed by atoms with Crippen LogP contribution in [0.25, 0.3) is 17.1 Å². The maximum atomic E-state index is 13.8. The van der Waals surface area contributed by atoms with Crippen molar-refractivity contribution in [2.45, 2.75) is 11.7 Å². The van der Waals surface area contributed by atoms with E-state index in [-0.39, 0.29) is 24.0 Å². The van der Waals surface area contributed by atoms with E-state index in [1.807, 2.05) is 41.0 Å². The Morgan fingerprint density at radius 2 is 1.81 bits per heavy atom. The quantitative estimate of drug-likeness (QED) is 0.411. The summed E-state index contributed by atoms with van der Waals surface area (Å²) in [6.45, 7) is 0.125. The second-order valence-electron chi connectivity index (χ2n) is 6.73. The normalized spacial score (nSPS) is 10.7. The van der Waals surface area contributed by atoms with Crippen molar-refractivity contribution in [1.29, 1.82) is 0 Å². The van der Waals surface area contributed by atoms with Crippen LogP contribution in [0.3, 0.4) is 0 Å². The summed E-state index contributed by atoms with van der Waals surface area (Å²) >= 11 is 1.25. The van der Waals surface area contributed by atoms with Gasteiger partial charge in [-0.3, -0.25) is 14.3 Å². The standard InChI is InChI=1S/C23H20FN5O2S/c1-31-19-8-6-18(7-9-19)29-22(16-10-12-25-13-11-16)27-28-23(29)32-15-21(30)26-14-17-4-2-3-5-20(17)24/h2-13H,14-15H2,1H3,(H,26,30). The Labute approximate surface area is 188 Å². The lowest BCUT2D eigenvalue weighted by Gasteiger charge is -2.11. The predicted molar refractivity (Wildman–Crippen MR) is 120 cm³/mol. The number of halogens is 1. The van der Waals surface area contributed by atoms with E-state index < -0.39 is 0 Å². The van der Waals surface area contributed by atoms with Gasteiger partial charge in [0.25, 0.3) is 0 Å². The first kappa shape index (κ1) is 21.5. The largest absolute Gasteiger partial charge is 0.497 e. The SMILES string of the molecule is COc1ccc(-n2c(SCC(=O)NCc3ccccc3F)nnc2-c2ccncc2)cc1. The van der Waals surface area contributed by atoms with E-state index in [9.17, 15) is 9.18 Å². The molecule has 32 heavy (non-hydrogen) atoms. The number of hydrogen-bond donors (Lipinski definition) is 1. The summed E-state index contributed by atoms with van der Waals surface area (Å²) < 4.78 is 20.9. The third kappa shape index (κ3) is 4.94. The Balaban J connectivity index is 1.53. The summed E-state index contributed by atoms with van der Waals surface area (Å²) in [5, 5.41) is 11.9. The van der Waals surface area contributed by atoms with Gasteiger partial charge in [0.15, 0.2) is 11.0 Å². The molecule has 0 aliphatic heterocycles. The van der Waals surface area contributed by atoms with E-state index in [0.29, 0.717) is 16.5 Å². The van der Waals surface area contributed by atoms with Crippen LogP contribution in [0, 0.1) is 5.82 Å². The molecule has 0 aliphatic rings. The minimum absolute atomic E-state index is 0.110. The van der Waals surface area contributed by atoms with Crippen LogP contribution in [-0.4, -0.2) is 38.5 Å². The maximum absolute atomic E-state index is 13.8. The number of thioether (sulfide) groups is 1. The maximum Gasteiger partial charge on any atom is 0.230 e. The van der Waals surface area contributed by atoms with Crippen molar-refractivity contribution in [2.75, 3.05) is 12.9 Å². The molecule has 4 rings (SSSR count). The molecule has 4 aromatic rings. The highest BCUT2D eigenvalue weighted by Gasteiger charge is 2.17. The number of aromatic nitrogens is 4. The number of carbonyl (C=O) groups excluding carboxylic acids is 1. The number of benzene rings is 2. The van der Waals surface area contributed by atoms with Gasteiger partial charge in [0.2, 0.25) is 5.91 Å². The Hall–Kier alpha value is -3.72. The lowest BCUT2D eigenvalue weighted by molar-refractivity contribution is -0.118. The summed E-state index contributed by atoms with van der Waals surface area (Å²) in [7, 11) is 1.61. The Bertz CT molecular complexity index is 1200. The minimum Gasteiger partial charge on any atom is -0.497 e. The third-order valence-electron chi connectivity index (χ3n) is 4.67. The molecule has 0 unspecified atom stereocenters. The lowest BCUT2D eigenvalue weighted by atomic mass is 10.2. The number of carbonyl (C=O) groups is 1. The van der Waals surface area contributed by atoms with E-state index in [2.05, 4.69) is 20.5 Å². The molecule has 0 atom stereocenters. The molecule has 1 amide bonds. The lowest BCUT2D eigenvalue weighted by Crippen LogP contribution is -2.25. The van der Waals surface area contributed by atoms with E-state index in [1.54, 1.807) is 37.7 Å². The molecule has 7 nitrogen and oxygen atoms in total. The van der Waals surface area contributed by atoms with Crippen molar-refractivity contribution in [2.24, 2.45) is 0 Å². The monoisotopic (exact) mass is 449 g/mol. The van der Waals surface area contributed by atoms with Gasteiger partial charge < -0.3 is 10.1 Å². The molecule has 0 radical (unpaired) electrons. The van der Waals surface area contributed by atoms with E-state index in [4.69, 9.17) is 4.74 Å². The molecule has 2 aromatic carbocycles. The number of pyridine rings is 1. The average Bonchev–Trinajstić information content (AvgIpc) is 3.27. The minimum atomic E-state index is -0.346. The predicted octanol–water partition coefficient (Wildman–Crippen LogP) is 3.89. The summed E-state index contributed by atoms with van der Waals surface area (Å²) in [5.41, 5.74) is 2.11. The van der Waals surface area contributed by atoms with Crippen LogP contribution in [0.5, 0.6) is 5.75 Å². The first-order valence-corrected chi connectivity index (χ1v) is 10.8. The van der Waals surface area contributed by atoms with Crippen LogP contribution in [0.4, 0.5) is 4.39 Å². The third-order valence-corrected chi connectivity index (χ3v) is 5.60. The first-order chi connectivity index (χ1) is 15.7. The molecule has 0 saturated heterocycles. The molecule has 0 bridgehead atoms. The van der Waals surface area contributed by atoms with Gasteiger partial charge in [-0.25, -0.2) is 4.39 Å². The molecule has 2 aromatic heterocycles. The van der Waals surface area contributed by atoms with Crippen LogP contribution < -0.4 is 10.1 Å². The molecule has 9 heteroatoms. The van der Waals surface area contributed by atoms with Gasteiger partial charge in [0.1, 0.15) is 11.6 Å². The summed E-state index contributed by atoms with van der Waals surface area (Å²) in [6, 6.07) is 17.5.